The first-order chi connectivity index (χ1) is 6.15. The maximum absolute atomic E-state index is 10.9. The van der Waals surface area contributed by atoms with Crippen LogP contribution in [0.25, 0.3) is 0 Å². The average Bonchev–Trinajstić information content (AvgIpc) is 2.86. The van der Waals surface area contributed by atoms with Crippen molar-refractivity contribution in [2.75, 3.05) is 0 Å². The molecule has 2 rings (SSSR count). The van der Waals surface area contributed by atoms with Crippen LogP contribution in [0.15, 0.2) is 24.3 Å². The molecule has 4 nitrogen and oxygen atoms in total. The molecule has 1 saturated carbocycles. The molecule has 5 heteroatoms. The van der Waals surface area contributed by atoms with Gasteiger partial charge in [0.25, 0.3) is 0 Å². The molecule has 1 aromatic rings. The van der Waals surface area contributed by atoms with Gasteiger partial charge in [-0.15, -0.1) is 0 Å². The van der Waals surface area contributed by atoms with Crippen molar-refractivity contribution in [3.05, 3.63) is 29.8 Å². The number of rotatable bonds is 2. The van der Waals surface area contributed by atoms with E-state index in [0.29, 0.717) is 5.46 Å². The fraction of sp³-hybridized carbons (Fsp3) is 0.300. The Morgan fingerprint density at radius 2 is 1.67 bits per heavy atom. The zero-order valence-corrected chi connectivity index (χ0v) is 8.16. The number of hydrogen-bond donors (Lipinski definition) is 1. The highest BCUT2D eigenvalue weighted by molar-refractivity contribution is 6.32. The van der Waals surface area contributed by atoms with Gasteiger partial charge in [0.15, 0.2) is 0 Å². The molecule has 1 fully saturated rings. The van der Waals surface area contributed by atoms with Crippen molar-refractivity contribution in [2.45, 2.75) is 18.3 Å². The molecule has 2 radical (unpaired) electrons. The lowest BCUT2D eigenvalue weighted by atomic mass is 9.90. The van der Waals surface area contributed by atoms with Gasteiger partial charge in [0.05, 0.1) is 5.41 Å². The van der Waals surface area contributed by atoms with Gasteiger partial charge in [0, 0.05) is 0 Å². The third-order valence-electron chi connectivity index (χ3n) is 2.62. The molecule has 0 aromatic heterocycles. The van der Waals surface area contributed by atoms with E-state index < -0.39 is 11.4 Å². The van der Waals surface area contributed by atoms with Gasteiger partial charge >= 0.3 is 5.97 Å². The molecule has 0 bridgehead atoms. The maximum atomic E-state index is 10.9. The lowest BCUT2D eigenvalue weighted by Gasteiger charge is -2.09. The molecule has 1 aromatic carbocycles. The van der Waals surface area contributed by atoms with E-state index in [4.69, 9.17) is 13.0 Å². The van der Waals surface area contributed by atoms with Crippen LogP contribution in [0, 0.1) is 0 Å². The van der Waals surface area contributed by atoms with E-state index in [9.17, 15) is 4.79 Å². The Bertz CT molecular complexity index is 343. The quantitative estimate of drug-likeness (QED) is 0.626. The molecular formula is C10H13BO4. The highest BCUT2D eigenvalue weighted by atomic mass is 16.4. The summed E-state index contributed by atoms with van der Waals surface area (Å²) in [7, 11) is 5.52. The molecule has 0 saturated heterocycles. The number of carbonyl (C=O) groups is 1. The van der Waals surface area contributed by atoms with Gasteiger partial charge < -0.3 is 16.1 Å². The van der Waals surface area contributed by atoms with Crippen molar-refractivity contribution >= 4 is 19.3 Å². The molecule has 5 N–H and O–H groups in total. The predicted molar refractivity (Wildman–Crippen MR) is 57.6 cm³/mol. The van der Waals surface area contributed by atoms with Crippen LogP contribution in [0.3, 0.4) is 0 Å². The Labute approximate surface area is 89.0 Å². The first kappa shape index (κ1) is 13.7. The van der Waals surface area contributed by atoms with Gasteiger partial charge in [0.1, 0.15) is 7.85 Å². The number of carboxylic acid groups (broad SMARTS) is 1. The topological polar surface area (TPSA) is 100 Å². The summed E-state index contributed by atoms with van der Waals surface area (Å²) in [6.07, 6.45) is 1.48. The van der Waals surface area contributed by atoms with Crippen LogP contribution in [0.1, 0.15) is 18.4 Å². The van der Waals surface area contributed by atoms with Crippen molar-refractivity contribution in [1.29, 1.82) is 0 Å². The number of aliphatic carboxylic acids is 1. The lowest BCUT2D eigenvalue weighted by Crippen LogP contribution is -2.20. The summed E-state index contributed by atoms with van der Waals surface area (Å²) in [6, 6.07) is 7.10. The summed E-state index contributed by atoms with van der Waals surface area (Å²) in [6.45, 7) is 0. The van der Waals surface area contributed by atoms with Crippen molar-refractivity contribution in [2.24, 2.45) is 0 Å². The third-order valence-corrected chi connectivity index (χ3v) is 2.62. The van der Waals surface area contributed by atoms with Gasteiger partial charge in [-0.3, -0.25) is 4.79 Å². The van der Waals surface area contributed by atoms with Gasteiger partial charge in [-0.2, -0.15) is 0 Å². The summed E-state index contributed by atoms with van der Waals surface area (Å²) in [5.41, 5.74) is 0.937. The molecule has 0 spiro atoms. The Balaban J connectivity index is 0.000000980. The largest absolute Gasteiger partial charge is 0.481 e. The zero-order chi connectivity index (χ0) is 9.47. The van der Waals surface area contributed by atoms with Crippen LogP contribution in [-0.2, 0) is 10.2 Å². The van der Waals surface area contributed by atoms with Crippen LogP contribution in [-0.4, -0.2) is 29.9 Å². The fourth-order valence-corrected chi connectivity index (χ4v) is 1.55. The monoisotopic (exact) mass is 208 g/mol. The Morgan fingerprint density at radius 3 is 2.00 bits per heavy atom. The van der Waals surface area contributed by atoms with E-state index in [-0.39, 0.29) is 11.0 Å². The number of carboxylic acids is 1. The van der Waals surface area contributed by atoms with Crippen LogP contribution >= 0.6 is 0 Å². The predicted octanol–water partition coefficient (Wildman–Crippen LogP) is -1.05. The highest BCUT2D eigenvalue weighted by Gasteiger charge is 2.51. The standard InChI is InChI=1S/C10H9BO2.2H2O/c11-8-3-1-7(2-4-8)10(5-6-10)9(12)13;;/h1-4H,5-6H2,(H,12,13);2*1H2. The second-order valence-corrected chi connectivity index (χ2v) is 3.51. The molecule has 0 atom stereocenters. The van der Waals surface area contributed by atoms with E-state index in [2.05, 4.69) is 0 Å². The van der Waals surface area contributed by atoms with Gasteiger partial charge in [0.2, 0.25) is 0 Å². The zero-order valence-electron chi connectivity index (χ0n) is 8.16. The minimum absolute atomic E-state index is 0. The molecule has 15 heavy (non-hydrogen) atoms. The molecule has 0 amide bonds. The van der Waals surface area contributed by atoms with Crippen molar-refractivity contribution in [3.8, 4) is 0 Å². The Kier molecular flexibility index (Phi) is 4.07. The molecule has 1 aliphatic carbocycles. The first-order valence-electron chi connectivity index (χ1n) is 4.24. The van der Waals surface area contributed by atoms with Gasteiger partial charge in [-0.1, -0.05) is 29.7 Å². The fourth-order valence-electron chi connectivity index (χ4n) is 1.55. The summed E-state index contributed by atoms with van der Waals surface area (Å²) in [5, 5.41) is 9.00. The lowest BCUT2D eigenvalue weighted by molar-refractivity contribution is -0.140. The second kappa shape index (κ2) is 4.46. The number of benzene rings is 1. The molecule has 0 unspecified atom stereocenters. The van der Waals surface area contributed by atoms with Crippen LogP contribution in [0.2, 0.25) is 0 Å². The second-order valence-electron chi connectivity index (χ2n) is 3.51. The highest BCUT2D eigenvalue weighted by Crippen LogP contribution is 2.48. The smallest absolute Gasteiger partial charge is 0.314 e. The van der Waals surface area contributed by atoms with Crippen molar-refractivity contribution in [3.63, 3.8) is 0 Å². The van der Waals surface area contributed by atoms with E-state index in [1.807, 2.05) is 0 Å². The Hall–Kier alpha value is -1.33. The van der Waals surface area contributed by atoms with Crippen LogP contribution < -0.4 is 5.46 Å². The normalized spacial score (nSPS) is 15.7. The Morgan fingerprint density at radius 1 is 1.20 bits per heavy atom. The van der Waals surface area contributed by atoms with E-state index in [1.54, 1.807) is 24.3 Å². The van der Waals surface area contributed by atoms with E-state index in [0.717, 1.165) is 18.4 Å². The average molecular weight is 208 g/mol. The SMILES string of the molecule is O.O.[B]c1ccc(C2(C(=O)O)CC2)cc1. The summed E-state index contributed by atoms with van der Waals surface area (Å²) >= 11 is 0. The van der Waals surface area contributed by atoms with E-state index >= 15 is 0 Å². The summed E-state index contributed by atoms with van der Waals surface area (Å²) in [4.78, 5) is 10.9. The third kappa shape index (κ3) is 2.19. The molecule has 0 aliphatic heterocycles. The molecule has 1 aliphatic rings. The summed E-state index contributed by atoms with van der Waals surface area (Å²) < 4.78 is 0. The number of hydrogen-bond acceptors (Lipinski definition) is 1. The first-order valence-corrected chi connectivity index (χ1v) is 4.24. The summed E-state index contributed by atoms with van der Waals surface area (Å²) in [5.74, 6) is -0.725. The minimum Gasteiger partial charge on any atom is -0.481 e. The van der Waals surface area contributed by atoms with Gasteiger partial charge in [-0.25, -0.2) is 0 Å². The minimum atomic E-state index is -0.725. The van der Waals surface area contributed by atoms with Gasteiger partial charge in [-0.05, 0) is 18.4 Å². The van der Waals surface area contributed by atoms with Crippen LogP contribution in [0.4, 0.5) is 0 Å². The molecular weight excluding hydrogens is 195 g/mol. The molecule has 0 heterocycles. The van der Waals surface area contributed by atoms with Crippen LogP contribution in [0.5, 0.6) is 0 Å². The van der Waals surface area contributed by atoms with E-state index in [1.165, 1.54) is 0 Å². The van der Waals surface area contributed by atoms with Crippen molar-refractivity contribution < 1.29 is 20.9 Å². The maximum Gasteiger partial charge on any atom is 0.314 e. The van der Waals surface area contributed by atoms with Crippen molar-refractivity contribution in [1.82, 2.24) is 0 Å². The molecule has 80 valence electrons.